The quantitative estimate of drug-likeness (QED) is 0.482. The van der Waals surface area contributed by atoms with Crippen molar-refractivity contribution >= 4 is 35.2 Å². The number of carboxylic acids is 1. The molecular weight excluding hydrogens is 461 g/mol. The Morgan fingerprint density at radius 2 is 1.88 bits per heavy atom. The Hall–Kier alpha value is -2.95. The third-order valence-corrected chi connectivity index (χ3v) is 6.26. The van der Waals surface area contributed by atoms with Crippen LogP contribution in [0.5, 0.6) is 0 Å². The molecule has 0 saturated carbocycles. The lowest BCUT2D eigenvalue weighted by Crippen LogP contribution is -2.41. The van der Waals surface area contributed by atoms with Gasteiger partial charge in [-0.05, 0) is 55.8 Å². The Morgan fingerprint density at radius 3 is 2.50 bits per heavy atom. The zero-order valence-corrected chi connectivity index (χ0v) is 20.2. The number of carbonyl (C=O) groups excluding carboxylic acids is 1. The van der Waals surface area contributed by atoms with Crippen molar-refractivity contribution in [3.8, 4) is 0 Å². The van der Waals surface area contributed by atoms with E-state index in [-0.39, 0.29) is 12.5 Å². The number of aliphatic carboxylic acids is 1. The number of hydrazone groups is 1. The Bertz CT molecular complexity index is 1030. The molecule has 1 N–H and O–H groups in total. The van der Waals surface area contributed by atoms with Gasteiger partial charge in [0.2, 0.25) is 5.90 Å². The highest BCUT2D eigenvalue weighted by molar-refractivity contribution is 8.01. The van der Waals surface area contributed by atoms with E-state index in [1.807, 2.05) is 24.3 Å². The van der Waals surface area contributed by atoms with Gasteiger partial charge in [-0.25, -0.2) is 4.39 Å². The van der Waals surface area contributed by atoms with Crippen molar-refractivity contribution in [2.45, 2.75) is 30.0 Å². The average molecular weight is 490 g/mol. The predicted molar refractivity (Wildman–Crippen MR) is 128 cm³/mol. The number of methoxy groups -OCH3 is 1. The lowest BCUT2D eigenvalue weighted by Gasteiger charge is -2.27. The number of hydrogen-bond donors (Lipinski definition) is 1. The van der Waals surface area contributed by atoms with Gasteiger partial charge in [0.1, 0.15) is 10.6 Å². The minimum Gasteiger partial charge on any atom is -0.480 e. The van der Waals surface area contributed by atoms with Crippen LogP contribution in [0.15, 0.2) is 58.5 Å². The van der Waals surface area contributed by atoms with Crippen LogP contribution in [-0.2, 0) is 25.6 Å². The van der Waals surface area contributed by atoms with Crippen LogP contribution in [0.4, 0.5) is 10.1 Å². The van der Waals surface area contributed by atoms with Gasteiger partial charge in [0.25, 0.3) is 5.91 Å². The summed E-state index contributed by atoms with van der Waals surface area (Å²) < 4.78 is 23.1. The van der Waals surface area contributed by atoms with Crippen molar-refractivity contribution < 1.29 is 28.6 Å². The Kier molecular flexibility index (Phi) is 8.65. The maximum Gasteiger partial charge on any atom is 0.319 e. The molecule has 0 aliphatic carbocycles. The van der Waals surface area contributed by atoms with Crippen molar-refractivity contribution in [2.24, 2.45) is 5.10 Å². The molecule has 3 rings (SSSR count). The molecule has 8 nitrogen and oxygen atoms in total. The highest BCUT2D eigenvalue weighted by atomic mass is 32.2. The van der Waals surface area contributed by atoms with Gasteiger partial charge in [0.05, 0.1) is 18.8 Å². The lowest BCUT2D eigenvalue weighted by molar-refractivity contribution is -0.138. The minimum absolute atomic E-state index is 0.153. The summed E-state index contributed by atoms with van der Waals surface area (Å²) in [6.45, 7) is 5.21. The first-order chi connectivity index (χ1) is 16.2. The molecule has 0 bridgehead atoms. The Balaban J connectivity index is 1.70. The molecule has 0 atom stereocenters. The summed E-state index contributed by atoms with van der Waals surface area (Å²) in [7, 11) is 1.62. The normalized spacial score (nSPS) is 14.2. The summed E-state index contributed by atoms with van der Waals surface area (Å²) in [5, 5.41) is 14.9. The van der Waals surface area contributed by atoms with Crippen molar-refractivity contribution in [2.75, 3.05) is 38.4 Å². The van der Waals surface area contributed by atoms with Gasteiger partial charge < -0.3 is 14.6 Å². The van der Waals surface area contributed by atoms with Gasteiger partial charge in [-0.2, -0.15) is 5.01 Å². The molecule has 34 heavy (non-hydrogen) atoms. The molecule has 2 aromatic rings. The number of carbonyl (C=O) groups is 2. The molecule has 1 amide bonds. The van der Waals surface area contributed by atoms with E-state index in [1.165, 1.54) is 41.0 Å². The number of nitrogens with zero attached hydrogens (tertiary/aromatic N) is 3. The van der Waals surface area contributed by atoms with E-state index in [4.69, 9.17) is 9.47 Å². The van der Waals surface area contributed by atoms with E-state index < -0.39 is 16.5 Å². The molecule has 1 aliphatic rings. The topological polar surface area (TPSA) is 91.7 Å². The lowest BCUT2D eigenvalue weighted by atomic mass is 10.2. The fourth-order valence-corrected chi connectivity index (χ4v) is 4.10. The maximum atomic E-state index is 13.3. The number of anilines is 1. The van der Waals surface area contributed by atoms with Crippen LogP contribution in [0.25, 0.3) is 0 Å². The summed E-state index contributed by atoms with van der Waals surface area (Å²) in [6.07, 6.45) is 0. The first kappa shape index (κ1) is 25.7. The standard InChI is InChI=1S/C24H28FN3O5S/c1-24(2,23(30)31)34-20-10-4-17(5-11-20)14-27(12-13-32-3)15-21-26-28(22(29)16-33-21)19-8-6-18(25)7-9-19/h4-11H,12-16H2,1-3H3,(H,30,31). The summed E-state index contributed by atoms with van der Waals surface area (Å²) in [5.41, 5.74) is 1.49. The van der Waals surface area contributed by atoms with Crippen LogP contribution < -0.4 is 5.01 Å². The maximum absolute atomic E-state index is 13.3. The number of ether oxygens (including phenoxy) is 2. The molecule has 0 unspecified atom stereocenters. The number of benzene rings is 2. The SMILES string of the molecule is COCCN(CC1=NN(c2ccc(F)cc2)C(=O)CO1)Cc1ccc(SC(C)(C)C(=O)O)cc1. The van der Waals surface area contributed by atoms with E-state index in [0.717, 1.165) is 10.5 Å². The third kappa shape index (κ3) is 7.02. The second kappa shape index (κ2) is 11.5. The molecule has 0 radical (unpaired) electrons. The van der Waals surface area contributed by atoms with Gasteiger partial charge in [-0.15, -0.1) is 16.9 Å². The van der Waals surface area contributed by atoms with Crippen molar-refractivity contribution in [1.29, 1.82) is 0 Å². The van der Waals surface area contributed by atoms with Gasteiger partial charge in [-0.3, -0.25) is 14.5 Å². The summed E-state index contributed by atoms with van der Waals surface area (Å²) in [5.74, 6) is -1.23. The zero-order chi connectivity index (χ0) is 24.7. The van der Waals surface area contributed by atoms with Gasteiger partial charge in [0.15, 0.2) is 6.61 Å². The molecular formula is C24H28FN3O5S. The van der Waals surface area contributed by atoms with Crippen LogP contribution in [0.2, 0.25) is 0 Å². The molecule has 2 aromatic carbocycles. The fraction of sp³-hybridized carbons (Fsp3) is 0.375. The number of rotatable bonds is 11. The van der Waals surface area contributed by atoms with Crippen molar-refractivity contribution in [3.63, 3.8) is 0 Å². The van der Waals surface area contributed by atoms with Crippen LogP contribution in [0.1, 0.15) is 19.4 Å². The first-order valence-corrected chi connectivity index (χ1v) is 11.5. The molecule has 0 aromatic heterocycles. The number of hydrogen-bond acceptors (Lipinski definition) is 7. The highest BCUT2D eigenvalue weighted by Gasteiger charge is 2.28. The Labute approximate surface area is 202 Å². The van der Waals surface area contributed by atoms with Crippen LogP contribution in [0.3, 0.4) is 0 Å². The molecule has 182 valence electrons. The second-order valence-corrected chi connectivity index (χ2v) is 9.93. The van der Waals surface area contributed by atoms with E-state index in [9.17, 15) is 19.1 Å². The van der Waals surface area contributed by atoms with Crippen molar-refractivity contribution in [3.05, 3.63) is 59.9 Å². The monoisotopic (exact) mass is 489 g/mol. The molecule has 0 fully saturated rings. The summed E-state index contributed by atoms with van der Waals surface area (Å²) in [4.78, 5) is 26.6. The second-order valence-electron chi connectivity index (χ2n) is 8.23. The molecule has 10 heteroatoms. The predicted octanol–water partition coefficient (Wildman–Crippen LogP) is 3.61. The molecule has 0 spiro atoms. The van der Waals surface area contributed by atoms with E-state index in [0.29, 0.717) is 37.8 Å². The van der Waals surface area contributed by atoms with Crippen LogP contribution >= 0.6 is 11.8 Å². The molecule has 0 saturated heterocycles. The number of amides is 1. The highest BCUT2D eigenvalue weighted by Crippen LogP contribution is 2.32. The van der Waals surface area contributed by atoms with Crippen LogP contribution in [0, 0.1) is 5.82 Å². The molecule has 1 heterocycles. The third-order valence-electron chi connectivity index (χ3n) is 5.07. The zero-order valence-electron chi connectivity index (χ0n) is 19.4. The van der Waals surface area contributed by atoms with Crippen LogP contribution in [-0.4, -0.2) is 65.9 Å². The summed E-state index contributed by atoms with van der Waals surface area (Å²) >= 11 is 1.29. The average Bonchev–Trinajstić information content (AvgIpc) is 2.80. The number of thioether (sulfide) groups is 1. The Morgan fingerprint density at radius 1 is 1.21 bits per heavy atom. The van der Waals surface area contributed by atoms with Gasteiger partial charge in [0, 0.05) is 25.1 Å². The van der Waals surface area contributed by atoms with E-state index >= 15 is 0 Å². The van der Waals surface area contributed by atoms with Gasteiger partial charge >= 0.3 is 5.97 Å². The minimum atomic E-state index is -0.920. The molecule has 1 aliphatic heterocycles. The smallest absolute Gasteiger partial charge is 0.319 e. The number of carboxylic acid groups (broad SMARTS) is 1. The van der Waals surface area contributed by atoms with Gasteiger partial charge in [-0.1, -0.05) is 12.1 Å². The van der Waals surface area contributed by atoms with Crippen molar-refractivity contribution in [1.82, 2.24) is 4.90 Å². The largest absolute Gasteiger partial charge is 0.480 e. The summed E-state index contributed by atoms with van der Waals surface area (Å²) in [6, 6.07) is 13.3. The van der Waals surface area contributed by atoms with E-state index in [2.05, 4.69) is 10.0 Å². The first-order valence-electron chi connectivity index (χ1n) is 10.7. The van der Waals surface area contributed by atoms with E-state index in [1.54, 1.807) is 21.0 Å². The number of halogens is 1. The fourth-order valence-electron chi connectivity index (χ4n) is 3.15.